The highest BCUT2D eigenvalue weighted by molar-refractivity contribution is 6.05. The van der Waals surface area contributed by atoms with Crippen molar-refractivity contribution in [3.63, 3.8) is 0 Å². The number of carbonyl (C=O) groups excluding carboxylic acids is 1. The van der Waals surface area contributed by atoms with Crippen molar-refractivity contribution in [2.24, 2.45) is 0 Å². The van der Waals surface area contributed by atoms with Crippen LogP contribution in [-0.2, 0) is 11.0 Å². The van der Waals surface area contributed by atoms with Gasteiger partial charge < -0.3 is 9.84 Å². The number of aromatic nitrogens is 1. The average molecular weight is 451 g/mol. The van der Waals surface area contributed by atoms with Crippen molar-refractivity contribution in [3.05, 3.63) is 64.6 Å². The zero-order valence-corrected chi connectivity index (χ0v) is 17.6. The molecule has 1 atom stereocenters. The van der Waals surface area contributed by atoms with Crippen LogP contribution >= 0.6 is 0 Å². The molecule has 0 spiro atoms. The highest BCUT2D eigenvalue weighted by Gasteiger charge is 2.32. The van der Waals surface area contributed by atoms with Crippen molar-refractivity contribution in [3.8, 4) is 5.75 Å². The minimum atomic E-state index is -4.56. The number of alkyl halides is 3. The third-order valence-corrected chi connectivity index (χ3v) is 5.41. The van der Waals surface area contributed by atoms with E-state index in [1.54, 1.807) is 0 Å². The van der Waals surface area contributed by atoms with E-state index in [0.717, 1.165) is 34.9 Å². The Hall–Kier alpha value is -3.36. The molecule has 0 aliphatic heterocycles. The first-order valence-corrected chi connectivity index (χ1v) is 9.84. The minimum Gasteiger partial charge on any atom is -0.494 e. The van der Waals surface area contributed by atoms with E-state index in [9.17, 15) is 32.3 Å². The Kier molecular flexibility index (Phi) is 6.29. The second-order valence-corrected chi connectivity index (χ2v) is 7.40. The van der Waals surface area contributed by atoms with Crippen LogP contribution in [0, 0.1) is 12.7 Å². The van der Waals surface area contributed by atoms with Gasteiger partial charge >= 0.3 is 12.1 Å². The van der Waals surface area contributed by atoms with Crippen molar-refractivity contribution < 1.29 is 37.0 Å². The minimum absolute atomic E-state index is 0.0526. The van der Waals surface area contributed by atoms with Crippen molar-refractivity contribution in [1.29, 1.82) is 0 Å². The summed E-state index contributed by atoms with van der Waals surface area (Å²) in [5.41, 5.74) is -0.231. The van der Waals surface area contributed by atoms with E-state index in [1.165, 1.54) is 20.1 Å². The summed E-state index contributed by atoms with van der Waals surface area (Å²) in [6, 6.07) is 6.06. The van der Waals surface area contributed by atoms with Gasteiger partial charge in [-0.3, -0.25) is 14.2 Å². The number of methoxy groups -OCH3 is 1. The van der Waals surface area contributed by atoms with E-state index in [4.69, 9.17) is 4.74 Å². The number of hydrogen-bond donors (Lipinski definition) is 1. The van der Waals surface area contributed by atoms with E-state index in [1.807, 2.05) is 6.92 Å². The van der Waals surface area contributed by atoms with Gasteiger partial charge in [0, 0.05) is 22.7 Å². The van der Waals surface area contributed by atoms with Crippen molar-refractivity contribution >= 4 is 22.8 Å². The standard InChI is InChI=1S/C23H21F4NO4/c1-4-5-15(22(30)31)20-12(2)28(18-11-17(24)19(32-3)10-16(18)20)21(29)13-6-8-14(9-7-13)23(25,26)27/h6-11,15H,4-5H2,1-3H3,(H,30,31). The van der Waals surface area contributed by atoms with Gasteiger partial charge in [-0.1, -0.05) is 13.3 Å². The predicted octanol–water partition coefficient (Wildman–Crippen LogP) is 5.77. The summed E-state index contributed by atoms with van der Waals surface area (Å²) >= 11 is 0. The molecule has 3 rings (SSSR count). The Bertz CT molecular complexity index is 1180. The Balaban J connectivity index is 2.26. The second-order valence-electron chi connectivity index (χ2n) is 7.40. The highest BCUT2D eigenvalue weighted by Crippen LogP contribution is 2.38. The van der Waals surface area contributed by atoms with E-state index < -0.39 is 35.4 Å². The number of aliphatic carboxylic acids is 1. The number of carboxylic acids is 1. The fraction of sp³-hybridized carbons (Fsp3) is 0.304. The Morgan fingerprint density at radius 1 is 1.16 bits per heavy atom. The maximum atomic E-state index is 14.5. The molecule has 1 heterocycles. The van der Waals surface area contributed by atoms with Gasteiger partial charge in [0.05, 0.1) is 24.1 Å². The maximum absolute atomic E-state index is 14.5. The number of carbonyl (C=O) groups is 2. The average Bonchev–Trinajstić information content (AvgIpc) is 3.00. The molecule has 3 aromatic rings. The Morgan fingerprint density at radius 3 is 2.28 bits per heavy atom. The number of hydrogen-bond acceptors (Lipinski definition) is 3. The van der Waals surface area contributed by atoms with Crippen LogP contribution in [0.4, 0.5) is 17.6 Å². The molecule has 170 valence electrons. The molecule has 5 nitrogen and oxygen atoms in total. The lowest BCUT2D eigenvalue weighted by atomic mass is 9.92. The number of benzene rings is 2. The molecule has 0 fully saturated rings. The summed E-state index contributed by atoms with van der Waals surface area (Å²) in [4.78, 5) is 25.2. The maximum Gasteiger partial charge on any atom is 0.416 e. The molecule has 0 aliphatic rings. The quantitative estimate of drug-likeness (QED) is 0.483. The second kappa shape index (κ2) is 8.64. The summed E-state index contributed by atoms with van der Waals surface area (Å²) in [6.07, 6.45) is -3.73. The van der Waals surface area contributed by atoms with Crippen LogP contribution in [0.2, 0.25) is 0 Å². The summed E-state index contributed by atoms with van der Waals surface area (Å²) < 4.78 is 59.3. The fourth-order valence-corrected chi connectivity index (χ4v) is 3.91. The lowest BCUT2D eigenvalue weighted by molar-refractivity contribution is -0.139. The third-order valence-electron chi connectivity index (χ3n) is 5.41. The predicted molar refractivity (Wildman–Crippen MR) is 110 cm³/mol. The Morgan fingerprint density at radius 2 is 1.78 bits per heavy atom. The van der Waals surface area contributed by atoms with Crippen LogP contribution in [0.1, 0.15) is 52.9 Å². The number of ether oxygens (including phenoxy) is 1. The molecule has 1 N–H and O–H groups in total. The zero-order chi connectivity index (χ0) is 23.8. The van der Waals surface area contributed by atoms with E-state index >= 15 is 0 Å². The summed E-state index contributed by atoms with van der Waals surface area (Å²) in [6.45, 7) is 3.35. The summed E-state index contributed by atoms with van der Waals surface area (Å²) in [5.74, 6) is -3.62. The van der Waals surface area contributed by atoms with Gasteiger partial charge in [0.25, 0.3) is 5.91 Å². The molecular weight excluding hydrogens is 430 g/mol. The van der Waals surface area contributed by atoms with Gasteiger partial charge in [-0.2, -0.15) is 13.2 Å². The smallest absolute Gasteiger partial charge is 0.416 e. The highest BCUT2D eigenvalue weighted by atomic mass is 19.4. The fourth-order valence-electron chi connectivity index (χ4n) is 3.91. The third kappa shape index (κ3) is 4.06. The van der Waals surface area contributed by atoms with Gasteiger partial charge in [0.15, 0.2) is 11.6 Å². The molecule has 0 aliphatic carbocycles. The molecule has 0 amide bonds. The lowest BCUT2D eigenvalue weighted by Crippen LogP contribution is -2.16. The number of fused-ring (bicyclic) bond motifs is 1. The SMILES string of the molecule is CCCC(C(=O)O)c1c(C)n(C(=O)c2ccc(C(F)(F)F)cc2)c2cc(F)c(OC)cc12. The zero-order valence-electron chi connectivity index (χ0n) is 17.6. The van der Waals surface area contributed by atoms with E-state index in [-0.39, 0.29) is 28.9 Å². The van der Waals surface area contributed by atoms with Crippen LogP contribution in [0.5, 0.6) is 5.75 Å². The number of carboxylic acid groups (broad SMARTS) is 1. The Labute approximate surface area is 181 Å². The molecule has 0 radical (unpaired) electrons. The van der Waals surface area contributed by atoms with Gasteiger partial charge in [0.1, 0.15) is 0 Å². The first-order chi connectivity index (χ1) is 15.0. The summed E-state index contributed by atoms with van der Waals surface area (Å²) in [5, 5.41) is 10.1. The molecule has 1 unspecified atom stereocenters. The lowest BCUT2D eigenvalue weighted by Gasteiger charge is -2.13. The van der Waals surface area contributed by atoms with Crippen LogP contribution < -0.4 is 4.74 Å². The normalized spacial score (nSPS) is 12.7. The first-order valence-electron chi connectivity index (χ1n) is 9.84. The molecule has 0 saturated carbocycles. The molecule has 0 bridgehead atoms. The van der Waals surface area contributed by atoms with Gasteiger partial charge in [-0.15, -0.1) is 0 Å². The molecule has 9 heteroatoms. The monoisotopic (exact) mass is 451 g/mol. The summed E-state index contributed by atoms with van der Waals surface area (Å²) in [7, 11) is 1.27. The van der Waals surface area contributed by atoms with Crippen LogP contribution in [-0.4, -0.2) is 28.7 Å². The number of halogens is 4. The van der Waals surface area contributed by atoms with Crippen LogP contribution in [0.3, 0.4) is 0 Å². The number of rotatable bonds is 6. The number of nitrogens with zero attached hydrogens (tertiary/aromatic N) is 1. The van der Waals surface area contributed by atoms with E-state index in [0.29, 0.717) is 17.4 Å². The van der Waals surface area contributed by atoms with Crippen LogP contribution in [0.25, 0.3) is 10.9 Å². The van der Waals surface area contributed by atoms with Gasteiger partial charge in [-0.05, 0) is 49.2 Å². The van der Waals surface area contributed by atoms with E-state index in [2.05, 4.69) is 0 Å². The molecule has 32 heavy (non-hydrogen) atoms. The van der Waals surface area contributed by atoms with Gasteiger partial charge in [0.2, 0.25) is 0 Å². The first kappa shape index (κ1) is 23.3. The van der Waals surface area contributed by atoms with Crippen molar-refractivity contribution in [2.45, 2.75) is 38.8 Å². The largest absolute Gasteiger partial charge is 0.494 e. The molecule has 0 saturated heterocycles. The molecule has 2 aromatic carbocycles. The molecule has 1 aromatic heterocycles. The van der Waals surface area contributed by atoms with Crippen LogP contribution in [0.15, 0.2) is 36.4 Å². The van der Waals surface area contributed by atoms with Gasteiger partial charge in [-0.25, -0.2) is 4.39 Å². The topological polar surface area (TPSA) is 68.5 Å². The van der Waals surface area contributed by atoms with Crippen molar-refractivity contribution in [1.82, 2.24) is 4.57 Å². The van der Waals surface area contributed by atoms with Crippen molar-refractivity contribution in [2.75, 3.05) is 7.11 Å². The molecular formula is C23H21F4NO4.